The van der Waals surface area contributed by atoms with Crippen LogP contribution in [0.15, 0.2) is 36.4 Å². The van der Waals surface area contributed by atoms with E-state index in [9.17, 15) is 29.4 Å². The normalized spacial score (nSPS) is 11.5. The molecule has 2 aromatic rings. The number of benzene rings is 2. The monoisotopic (exact) mass is 722 g/mol. The highest BCUT2D eigenvalue weighted by Crippen LogP contribution is 2.26. The highest BCUT2D eigenvalue weighted by Gasteiger charge is 2.20. The van der Waals surface area contributed by atoms with Crippen molar-refractivity contribution >= 4 is 23.6 Å². The van der Waals surface area contributed by atoms with Crippen molar-refractivity contribution in [1.82, 2.24) is 21.7 Å². The molecule has 0 aliphatic rings. The van der Waals surface area contributed by atoms with Gasteiger partial charge in [0.15, 0.2) is 0 Å². The molecule has 290 valence electrons. The fourth-order valence-electron chi connectivity index (χ4n) is 6.40. The molecule has 1 atom stereocenters. The number of phenols is 2. The Morgan fingerprint density at radius 1 is 0.519 bits per heavy atom. The van der Waals surface area contributed by atoms with E-state index >= 15 is 0 Å². The van der Waals surface area contributed by atoms with Gasteiger partial charge in [-0.1, -0.05) is 135 Å². The Labute approximate surface area is 312 Å². The van der Waals surface area contributed by atoms with Gasteiger partial charge in [0, 0.05) is 12.3 Å². The lowest BCUT2D eigenvalue weighted by Gasteiger charge is -2.17. The fraction of sp³-hybridized carbons (Fsp3) is 0.619. The summed E-state index contributed by atoms with van der Waals surface area (Å²) in [5.74, 6) is -2.12. The zero-order chi connectivity index (χ0) is 38.0. The third-order valence-corrected chi connectivity index (χ3v) is 9.68. The van der Waals surface area contributed by atoms with E-state index in [0.717, 1.165) is 68.9 Å². The van der Waals surface area contributed by atoms with Crippen LogP contribution in [-0.4, -0.2) is 33.8 Å². The predicted molar refractivity (Wildman–Crippen MR) is 208 cm³/mol. The summed E-state index contributed by atoms with van der Waals surface area (Å²) in [5.41, 5.74) is 11.6. The fourth-order valence-corrected chi connectivity index (χ4v) is 6.40. The summed E-state index contributed by atoms with van der Waals surface area (Å²) in [6.45, 7) is 6.43. The number of hydrazine groups is 2. The molecule has 2 aromatic carbocycles. The Kier molecular flexibility index (Phi) is 22.6. The average Bonchev–Trinajstić information content (AvgIpc) is 3.14. The first-order chi connectivity index (χ1) is 25.2. The van der Waals surface area contributed by atoms with Crippen molar-refractivity contribution < 1.29 is 29.4 Å². The molecule has 10 heteroatoms. The van der Waals surface area contributed by atoms with Gasteiger partial charge in [-0.25, -0.2) is 0 Å². The lowest BCUT2D eigenvalue weighted by atomic mass is 9.94. The van der Waals surface area contributed by atoms with Crippen molar-refractivity contribution in [2.45, 2.75) is 162 Å². The third kappa shape index (κ3) is 17.0. The molecule has 0 aliphatic carbocycles. The Bertz CT molecular complexity index is 1360. The minimum absolute atomic E-state index is 0.0416. The predicted octanol–water partition coefficient (Wildman–Crippen LogP) is 8.88. The van der Waals surface area contributed by atoms with Crippen molar-refractivity contribution in [1.29, 1.82) is 0 Å². The molecule has 0 aromatic heterocycles. The molecule has 10 nitrogen and oxygen atoms in total. The topological polar surface area (TPSA) is 157 Å². The molecule has 1 unspecified atom stereocenters. The van der Waals surface area contributed by atoms with E-state index < -0.39 is 11.8 Å². The number of aryl methyl sites for hydroxylation is 2. The summed E-state index contributed by atoms with van der Waals surface area (Å²) in [5, 5.41) is 21.4. The van der Waals surface area contributed by atoms with Gasteiger partial charge in [-0.3, -0.25) is 40.9 Å². The van der Waals surface area contributed by atoms with Crippen LogP contribution in [0.1, 0.15) is 181 Å². The summed E-state index contributed by atoms with van der Waals surface area (Å²) < 4.78 is 0. The first-order valence-electron chi connectivity index (χ1n) is 20.0. The first kappa shape index (κ1) is 44.1. The number of carbonyl (C=O) groups is 4. The van der Waals surface area contributed by atoms with E-state index in [1.54, 1.807) is 18.2 Å². The Morgan fingerprint density at radius 3 is 1.48 bits per heavy atom. The molecule has 0 saturated heterocycles. The van der Waals surface area contributed by atoms with Gasteiger partial charge in [-0.05, 0) is 68.2 Å². The average molecular weight is 723 g/mol. The molecule has 6 N–H and O–H groups in total. The molecular formula is C42H66N4O6. The Morgan fingerprint density at radius 2 is 0.962 bits per heavy atom. The zero-order valence-corrected chi connectivity index (χ0v) is 32.1. The van der Waals surface area contributed by atoms with E-state index in [4.69, 9.17) is 0 Å². The van der Waals surface area contributed by atoms with Crippen molar-refractivity contribution in [3.8, 4) is 11.5 Å². The summed E-state index contributed by atoms with van der Waals surface area (Å²) in [4.78, 5) is 51.1. The molecule has 0 spiro atoms. The van der Waals surface area contributed by atoms with E-state index in [0.29, 0.717) is 38.5 Å². The van der Waals surface area contributed by atoms with E-state index in [1.807, 2.05) is 12.1 Å². The van der Waals surface area contributed by atoms with Gasteiger partial charge in [-0.2, -0.15) is 0 Å². The van der Waals surface area contributed by atoms with Crippen molar-refractivity contribution in [2.75, 3.05) is 0 Å². The van der Waals surface area contributed by atoms with E-state index in [-0.39, 0.29) is 46.8 Å². The molecular weight excluding hydrogens is 656 g/mol. The maximum atomic E-state index is 13.1. The van der Waals surface area contributed by atoms with Gasteiger partial charge >= 0.3 is 0 Å². The second-order valence-corrected chi connectivity index (χ2v) is 14.0. The van der Waals surface area contributed by atoms with Gasteiger partial charge in [0.2, 0.25) is 11.8 Å². The standard InChI is InChI=1S/C42H66N4O6/c1-4-7-10-12-14-17-24-32-27-21-29-35(38(32)48)41(51)45-43-37(47)31-20-16-19-26-34(23-9-6-3)40(50)44-46-42(52)36-30-22-28-33(39(36)49)25-18-15-13-11-8-5-2/h21-22,27-30,34,48-49H,4-20,23-26,31H2,1-3H3,(H,43,47)(H,44,50)(H,45,51)(H,46,52). The molecule has 0 aliphatic heterocycles. The quantitative estimate of drug-likeness (QED) is 0.0421. The molecule has 0 radical (unpaired) electrons. The van der Waals surface area contributed by atoms with Crippen LogP contribution < -0.4 is 21.7 Å². The van der Waals surface area contributed by atoms with Gasteiger partial charge in [-0.15, -0.1) is 0 Å². The largest absolute Gasteiger partial charge is 0.507 e. The van der Waals surface area contributed by atoms with Gasteiger partial charge in [0.25, 0.3) is 11.8 Å². The van der Waals surface area contributed by atoms with Crippen LogP contribution >= 0.6 is 0 Å². The van der Waals surface area contributed by atoms with Crippen molar-refractivity contribution in [3.05, 3.63) is 58.7 Å². The van der Waals surface area contributed by atoms with Crippen LogP contribution in [0.3, 0.4) is 0 Å². The summed E-state index contributed by atoms with van der Waals surface area (Å²) in [6.07, 6.45) is 20.3. The third-order valence-electron chi connectivity index (χ3n) is 9.68. The van der Waals surface area contributed by atoms with E-state index in [2.05, 4.69) is 42.5 Å². The number of nitrogens with one attached hydrogen (secondary N) is 4. The minimum Gasteiger partial charge on any atom is -0.507 e. The number of para-hydroxylation sites is 2. The number of phenolic OH excluding ortho intramolecular Hbond substituents is 2. The van der Waals surface area contributed by atoms with Crippen LogP contribution in [-0.2, 0) is 22.4 Å². The Hall–Kier alpha value is -4.08. The SMILES string of the molecule is CCCCCCCCc1cccc(C(=O)NNC(=O)CCCCCC(CCCC)C(=O)NNC(=O)c2cccc(CCCCCCCC)c2O)c1O. The molecule has 2 rings (SSSR count). The maximum absolute atomic E-state index is 13.1. The van der Waals surface area contributed by atoms with Crippen LogP contribution in [0.5, 0.6) is 11.5 Å². The number of amides is 4. The maximum Gasteiger partial charge on any atom is 0.273 e. The van der Waals surface area contributed by atoms with Gasteiger partial charge < -0.3 is 10.2 Å². The summed E-state index contributed by atoms with van der Waals surface area (Å²) in [6, 6.07) is 10.2. The first-order valence-corrected chi connectivity index (χ1v) is 20.0. The second-order valence-electron chi connectivity index (χ2n) is 14.0. The molecule has 0 bridgehead atoms. The lowest BCUT2D eigenvalue weighted by Crippen LogP contribution is -2.44. The van der Waals surface area contributed by atoms with Crippen LogP contribution in [0, 0.1) is 5.92 Å². The minimum atomic E-state index is -0.566. The zero-order valence-electron chi connectivity index (χ0n) is 32.1. The van der Waals surface area contributed by atoms with Crippen LogP contribution in [0.4, 0.5) is 0 Å². The van der Waals surface area contributed by atoms with Crippen LogP contribution in [0.2, 0.25) is 0 Å². The summed E-state index contributed by atoms with van der Waals surface area (Å²) in [7, 11) is 0. The van der Waals surface area contributed by atoms with Crippen LogP contribution in [0.25, 0.3) is 0 Å². The number of carbonyl (C=O) groups excluding carboxylic acids is 4. The number of hydrogen-bond acceptors (Lipinski definition) is 6. The van der Waals surface area contributed by atoms with Crippen molar-refractivity contribution in [2.24, 2.45) is 5.92 Å². The number of unbranched alkanes of at least 4 members (excludes halogenated alkanes) is 13. The molecule has 4 amide bonds. The number of hydrogen-bond donors (Lipinski definition) is 6. The Balaban J connectivity index is 1.74. The molecule has 0 fully saturated rings. The highest BCUT2D eigenvalue weighted by atomic mass is 16.3. The van der Waals surface area contributed by atoms with Gasteiger partial charge in [0.1, 0.15) is 11.5 Å². The molecule has 0 saturated carbocycles. The summed E-state index contributed by atoms with van der Waals surface area (Å²) >= 11 is 0. The lowest BCUT2D eigenvalue weighted by molar-refractivity contribution is -0.126. The number of rotatable bonds is 26. The van der Waals surface area contributed by atoms with Gasteiger partial charge in [0.05, 0.1) is 11.1 Å². The van der Waals surface area contributed by atoms with Crippen molar-refractivity contribution in [3.63, 3.8) is 0 Å². The smallest absolute Gasteiger partial charge is 0.273 e. The van der Waals surface area contributed by atoms with E-state index in [1.165, 1.54) is 44.6 Å². The second kappa shape index (κ2) is 26.7. The molecule has 52 heavy (non-hydrogen) atoms. The molecule has 0 heterocycles. The number of aromatic hydroxyl groups is 2. The highest BCUT2D eigenvalue weighted by molar-refractivity contribution is 5.99.